The maximum Gasteiger partial charge on any atom is 0.0609 e. The minimum Gasteiger partial charge on any atom is -0.292 e. The summed E-state index contributed by atoms with van der Waals surface area (Å²) in [6.07, 6.45) is 3.57. The highest BCUT2D eigenvalue weighted by molar-refractivity contribution is 5.85. The lowest BCUT2D eigenvalue weighted by Crippen LogP contribution is -2.36. The lowest BCUT2D eigenvalue weighted by atomic mass is 9.85. The highest BCUT2D eigenvalue weighted by atomic mass is 35.5. The number of hydrogen-bond acceptors (Lipinski definition) is 1. The molecule has 0 saturated heterocycles. The van der Waals surface area contributed by atoms with Crippen LogP contribution in [0, 0.1) is 0 Å². The van der Waals surface area contributed by atoms with Crippen LogP contribution in [0.25, 0.3) is 0 Å². The molecule has 4 rings (SSSR count). The van der Waals surface area contributed by atoms with Gasteiger partial charge in [-0.3, -0.25) is 4.90 Å². The van der Waals surface area contributed by atoms with E-state index >= 15 is 0 Å². The van der Waals surface area contributed by atoms with Crippen LogP contribution in [0.3, 0.4) is 0 Å². The summed E-state index contributed by atoms with van der Waals surface area (Å²) in [5, 5.41) is 0. The molecule has 21 heavy (non-hydrogen) atoms. The van der Waals surface area contributed by atoms with Gasteiger partial charge in [0.1, 0.15) is 0 Å². The Labute approximate surface area is 133 Å². The molecule has 0 fully saturated rings. The smallest absolute Gasteiger partial charge is 0.0609 e. The van der Waals surface area contributed by atoms with Gasteiger partial charge in [0.15, 0.2) is 0 Å². The van der Waals surface area contributed by atoms with Gasteiger partial charge in [-0.15, -0.1) is 12.4 Å². The molecule has 2 aromatic carbocycles. The van der Waals surface area contributed by atoms with Gasteiger partial charge in [0.05, 0.1) is 6.04 Å². The van der Waals surface area contributed by atoms with E-state index in [0.29, 0.717) is 6.04 Å². The standard InChI is InChI=1S/C19H21N.ClH/c1-2-20-13-12-16-8-5-7-15-11-10-14-6-3-4-9-17(14)19(20)18(15)16;/h3-9,19H,2,10-13H2,1H3;1H. The molecule has 110 valence electrons. The summed E-state index contributed by atoms with van der Waals surface area (Å²) in [6, 6.07) is 16.5. The molecule has 1 atom stereocenters. The second-order valence-electron chi connectivity index (χ2n) is 5.97. The van der Waals surface area contributed by atoms with Gasteiger partial charge in [0, 0.05) is 6.54 Å². The first-order chi connectivity index (χ1) is 9.88. The normalized spacial score (nSPS) is 20.0. The Morgan fingerprint density at radius 1 is 0.905 bits per heavy atom. The number of halogens is 1. The quantitative estimate of drug-likeness (QED) is 0.764. The van der Waals surface area contributed by atoms with Crippen molar-refractivity contribution in [1.29, 1.82) is 0 Å². The van der Waals surface area contributed by atoms with Gasteiger partial charge in [-0.25, -0.2) is 0 Å². The summed E-state index contributed by atoms with van der Waals surface area (Å²) in [7, 11) is 0. The van der Waals surface area contributed by atoms with Gasteiger partial charge in [-0.1, -0.05) is 49.4 Å². The molecule has 2 aromatic rings. The maximum atomic E-state index is 2.65. The molecule has 1 aliphatic heterocycles. The van der Waals surface area contributed by atoms with Gasteiger partial charge >= 0.3 is 0 Å². The third-order valence-corrected chi connectivity index (χ3v) is 5.01. The van der Waals surface area contributed by atoms with E-state index in [1.54, 1.807) is 27.8 Å². The Balaban J connectivity index is 0.00000132. The summed E-state index contributed by atoms with van der Waals surface area (Å²) in [5.74, 6) is 0. The van der Waals surface area contributed by atoms with E-state index in [-0.39, 0.29) is 12.4 Å². The van der Waals surface area contributed by atoms with Crippen LogP contribution in [0.15, 0.2) is 42.5 Å². The summed E-state index contributed by atoms with van der Waals surface area (Å²) >= 11 is 0. The van der Waals surface area contributed by atoms with E-state index in [1.165, 1.54) is 25.8 Å². The van der Waals surface area contributed by atoms with Crippen LogP contribution < -0.4 is 0 Å². The molecule has 1 heterocycles. The Kier molecular flexibility index (Phi) is 4.05. The Hall–Kier alpha value is -1.31. The van der Waals surface area contributed by atoms with Crippen molar-refractivity contribution in [1.82, 2.24) is 4.90 Å². The molecular weight excluding hydrogens is 278 g/mol. The number of benzene rings is 2. The van der Waals surface area contributed by atoms with Crippen molar-refractivity contribution in [2.24, 2.45) is 0 Å². The zero-order valence-electron chi connectivity index (χ0n) is 12.5. The summed E-state index contributed by atoms with van der Waals surface area (Å²) < 4.78 is 0. The van der Waals surface area contributed by atoms with Crippen molar-refractivity contribution >= 4 is 12.4 Å². The zero-order chi connectivity index (χ0) is 13.5. The lowest BCUT2D eigenvalue weighted by Gasteiger charge is -2.38. The minimum absolute atomic E-state index is 0. The predicted molar refractivity (Wildman–Crippen MR) is 90.3 cm³/mol. The highest BCUT2D eigenvalue weighted by Crippen LogP contribution is 2.41. The first kappa shape index (κ1) is 14.6. The number of nitrogens with zero attached hydrogens (tertiary/aromatic N) is 1. The molecule has 1 nitrogen and oxygen atoms in total. The monoisotopic (exact) mass is 299 g/mol. The molecule has 0 amide bonds. The zero-order valence-corrected chi connectivity index (χ0v) is 13.3. The van der Waals surface area contributed by atoms with Crippen molar-refractivity contribution in [3.8, 4) is 0 Å². The third-order valence-electron chi connectivity index (χ3n) is 5.01. The number of likely N-dealkylation sites (N-methyl/N-ethyl adjacent to an activating group) is 1. The van der Waals surface area contributed by atoms with E-state index in [1.807, 2.05) is 0 Å². The maximum absolute atomic E-state index is 2.65. The van der Waals surface area contributed by atoms with Crippen molar-refractivity contribution in [2.75, 3.05) is 13.1 Å². The van der Waals surface area contributed by atoms with Crippen molar-refractivity contribution in [3.63, 3.8) is 0 Å². The van der Waals surface area contributed by atoms with E-state index in [0.717, 1.165) is 6.54 Å². The second kappa shape index (κ2) is 5.82. The number of hydrogen-bond donors (Lipinski definition) is 0. The van der Waals surface area contributed by atoms with Crippen molar-refractivity contribution in [3.05, 3.63) is 70.3 Å². The Morgan fingerprint density at radius 3 is 2.38 bits per heavy atom. The Morgan fingerprint density at radius 2 is 1.57 bits per heavy atom. The van der Waals surface area contributed by atoms with Crippen LogP contribution in [0.1, 0.15) is 40.8 Å². The SMILES string of the molecule is CCN1CCc2cccc3c2C1c1ccccc1CC3.Cl. The number of rotatable bonds is 1. The van der Waals surface area contributed by atoms with Crippen LogP contribution in [0.4, 0.5) is 0 Å². The second-order valence-corrected chi connectivity index (χ2v) is 5.97. The molecular formula is C19H22ClN. The van der Waals surface area contributed by atoms with E-state index in [2.05, 4.69) is 54.3 Å². The fraction of sp³-hybridized carbons (Fsp3) is 0.368. The molecule has 0 saturated carbocycles. The molecule has 2 heteroatoms. The van der Waals surface area contributed by atoms with Crippen molar-refractivity contribution in [2.45, 2.75) is 32.2 Å². The van der Waals surface area contributed by atoms with Gasteiger partial charge in [-0.2, -0.15) is 0 Å². The molecule has 1 aliphatic carbocycles. The van der Waals surface area contributed by atoms with E-state index in [4.69, 9.17) is 0 Å². The largest absolute Gasteiger partial charge is 0.292 e. The van der Waals surface area contributed by atoms with Crippen LogP contribution >= 0.6 is 12.4 Å². The third kappa shape index (κ3) is 2.29. The number of fused-ring (bicyclic) bond motifs is 2. The van der Waals surface area contributed by atoms with Gasteiger partial charge in [0.2, 0.25) is 0 Å². The van der Waals surface area contributed by atoms with Crippen LogP contribution in [-0.4, -0.2) is 18.0 Å². The van der Waals surface area contributed by atoms with Crippen LogP contribution in [0.5, 0.6) is 0 Å². The molecule has 0 radical (unpaired) electrons. The average molecular weight is 300 g/mol. The first-order valence-electron chi connectivity index (χ1n) is 7.81. The van der Waals surface area contributed by atoms with E-state index < -0.39 is 0 Å². The van der Waals surface area contributed by atoms with Crippen molar-refractivity contribution < 1.29 is 0 Å². The van der Waals surface area contributed by atoms with Crippen LogP contribution in [-0.2, 0) is 19.3 Å². The minimum atomic E-state index is 0. The van der Waals surface area contributed by atoms with Crippen LogP contribution in [0.2, 0.25) is 0 Å². The molecule has 0 aromatic heterocycles. The first-order valence-corrected chi connectivity index (χ1v) is 7.81. The number of aryl methyl sites for hydroxylation is 2. The molecule has 0 N–H and O–H groups in total. The summed E-state index contributed by atoms with van der Waals surface area (Å²) in [5.41, 5.74) is 7.85. The average Bonchev–Trinajstić information content (AvgIpc) is 2.68. The topological polar surface area (TPSA) is 3.24 Å². The fourth-order valence-corrected chi connectivity index (χ4v) is 4.02. The lowest BCUT2D eigenvalue weighted by molar-refractivity contribution is 0.224. The van der Waals surface area contributed by atoms with Gasteiger partial charge in [-0.05, 0) is 53.6 Å². The molecule has 1 unspecified atom stereocenters. The highest BCUT2D eigenvalue weighted by Gasteiger charge is 2.32. The summed E-state index contributed by atoms with van der Waals surface area (Å²) in [6.45, 7) is 4.61. The molecule has 0 spiro atoms. The Bertz CT molecular complexity index is 650. The summed E-state index contributed by atoms with van der Waals surface area (Å²) in [4.78, 5) is 2.65. The molecule has 2 aliphatic rings. The predicted octanol–water partition coefficient (Wildman–Crippen LogP) is 4.17. The van der Waals surface area contributed by atoms with Gasteiger partial charge in [0.25, 0.3) is 0 Å². The molecule has 0 bridgehead atoms. The van der Waals surface area contributed by atoms with Gasteiger partial charge < -0.3 is 0 Å². The van der Waals surface area contributed by atoms with E-state index in [9.17, 15) is 0 Å². The fourth-order valence-electron chi connectivity index (χ4n) is 4.02.